The number of amides is 1. The van der Waals surface area contributed by atoms with Crippen LogP contribution >= 0.6 is 28.3 Å². The topological polar surface area (TPSA) is 76.0 Å². The van der Waals surface area contributed by atoms with Gasteiger partial charge < -0.3 is 10.6 Å². The quantitative estimate of drug-likeness (QED) is 0.737. The Balaban J connectivity index is 0.00000225. The van der Waals surface area contributed by atoms with Crippen LogP contribution in [0.15, 0.2) is 33.8 Å². The molecule has 2 aromatic rings. The lowest BCUT2D eigenvalue weighted by Crippen LogP contribution is -2.29. The van der Waals surface area contributed by atoms with Crippen molar-refractivity contribution in [2.75, 3.05) is 19.6 Å². The van der Waals surface area contributed by atoms with E-state index in [-0.39, 0.29) is 30.3 Å². The standard InChI is InChI=1S/C17H21BrN4O2.ClH/c18-13-1-2-15-14(9-13)17(24)22(11-21-15)8-5-16(23)20-7-4-12-3-6-19-10-12;/h1-2,9,11-12,19H,3-8,10H2,(H,20,23);1H. The minimum atomic E-state index is -0.119. The van der Waals surface area contributed by atoms with E-state index in [4.69, 9.17) is 0 Å². The molecular weight excluding hydrogens is 408 g/mol. The lowest BCUT2D eigenvalue weighted by Gasteiger charge is -2.10. The number of benzene rings is 1. The van der Waals surface area contributed by atoms with Crippen LogP contribution in [0.3, 0.4) is 0 Å². The van der Waals surface area contributed by atoms with Gasteiger partial charge in [-0.2, -0.15) is 0 Å². The Hall–Kier alpha value is -1.44. The first-order chi connectivity index (χ1) is 11.6. The van der Waals surface area contributed by atoms with Crippen LogP contribution in [0, 0.1) is 5.92 Å². The first-order valence-corrected chi connectivity index (χ1v) is 9.05. The first kappa shape index (κ1) is 19.9. The van der Waals surface area contributed by atoms with Gasteiger partial charge in [0.25, 0.3) is 5.56 Å². The van der Waals surface area contributed by atoms with Crippen LogP contribution in [0.25, 0.3) is 10.9 Å². The smallest absolute Gasteiger partial charge is 0.261 e. The molecule has 2 N–H and O–H groups in total. The average Bonchev–Trinajstić information content (AvgIpc) is 3.08. The molecule has 1 aromatic carbocycles. The molecule has 1 atom stereocenters. The van der Waals surface area contributed by atoms with Crippen molar-refractivity contribution in [1.29, 1.82) is 0 Å². The molecule has 2 heterocycles. The van der Waals surface area contributed by atoms with Gasteiger partial charge in [-0.1, -0.05) is 15.9 Å². The summed E-state index contributed by atoms with van der Waals surface area (Å²) in [5.74, 6) is 0.637. The number of halogens is 2. The molecule has 1 fully saturated rings. The van der Waals surface area contributed by atoms with Crippen LogP contribution in [0.4, 0.5) is 0 Å². The van der Waals surface area contributed by atoms with E-state index in [1.165, 1.54) is 17.3 Å². The molecule has 1 aromatic heterocycles. The maximum atomic E-state index is 12.4. The molecule has 6 nitrogen and oxygen atoms in total. The molecule has 1 amide bonds. The number of hydrogen-bond acceptors (Lipinski definition) is 4. The normalized spacial score (nSPS) is 16.6. The predicted octanol–water partition coefficient (Wildman–Crippen LogP) is 2.09. The number of aryl methyl sites for hydroxylation is 1. The fourth-order valence-electron chi connectivity index (χ4n) is 2.98. The third kappa shape index (κ3) is 5.26. The molecule has 3 rings (SSSR count). The number of nitrogens with zero attached hydrogens (tertiary/aromatic N) is 2. The molecule has 25 heavy (non-hydrogen) atoms. The van der Waals surface area contributed by atoms with E-state index in [2.05, 4.69) is 31.5 Å². The third-order valence-corrected chi connectivity index (χ3v) is 4.90. The minimum Gasteiger partial charge on any atom is -0.356 e. The Morgan fingerprint density at radius 2 is 2.28 bits per heavy atom. The molecule has 8 heteroatoms. The SMILES string of the molecule is Cl.O=C(CCn1cnc2ccc(Br)cc2c1=O)NCCC1CCNC1. The summed E-state index contributed by atoms with van der Waals surface area (Å²) in [6.07, 6.45) is 3.98. The van der Waals surface area contributed by atoms with Crippen LogP contribution in [0.5, 0.6) is 0 Å². The highest BCUT2D eigenvalue weighted by molar-refractivity contribution is 9.10. The van der Waals surface area contributed by atoms with Crippen LogP contribution in [0.1, 0.15) is 19.3 Å². The van der Waals surface area contributed by atoms with Gasteiger partial charge in [-0.15, -0.1) is 12.4 Å². The van der Waals surface area contributed by atoms with Crippen molar-refractivity contribution in [3.63, 3.8) is 0 Å². The monoisotopic (exact) mass is 428 g/mol. The van der Waals surface area contributed by atoms with E-state index >= 15 is 0 Å². The zero-order valence-corrected chi connectivity index (χ0v) is 16.2. The number of carbonyl (C=O) groups excluding carboxylic acids is 1. The number of aromatic nitrogens is 2. The number of rotatable bonds is 6. The Labute approximate surface area is 160 Å². The Morgan fingerprint density at radius 3 is 3.04 bits per heavy atom. The fraction of sp³-hybridized carbons (Fsp3) is 0.471. The molecule has 1 aliphatic rings. The van der Waals surface area contributed by atoms with E-state index in [0.717, 1.165) is 24.0 Å². The summed E-state index contributed by atoms with van der Waals surface area (Å²) < 4.78 is 2.33. The van der Waals surface area contributed by atoms with Crippen LogP contribution in [-0.4, -0.2) is 35.1 Å². The van der Waals surface area contributed by atoms with Gasteiger partial charge in [0.2, 0.25) is 5.91 Å². The maximum absolute atomic E-state index is 12.4. The third-order valence-electron chi connectivity index (χ3n) is 4.40. The van der Waals surface area contributed by atoms with Crippen molar-refractivity contribution in [2.45, 2.75) is 25.8 Å². The maximum Gasteiger partial charge on any atom is 0.261 e. The van der Waals surface area contributed by atoms with Gasteiger partial charge in [-0.05, 0) is 50.0 Å². The summed E-state index contributed by atoms with van der Waals surface area (Å²) in [5, 5.41) is 6.81. The summed E-state index contributed by atoms with van der Waals surface area (Å²) in [6, 6.07) is 5.42. The van der Waals surface area contributed by atoms with Crippen LogP contribution in [-0.2, 0) is 11.3 Å². The van der Waals surface area contributed by atoms with Crippen molar-refractivity contribution >= 4 is 45.1 Å². The molecule has 0 bridgehead atoms. The molecule has 0 radical (unpaired) electrons. The van der Waals surface area contributed by atoms with E-state index in [1.807, 2.05) is 6.07 Å². The zero-order valence-electron chi connectivity index (χ0n) is 13.8. The minimum absolute atomic E-state index is 0. The second kappa shape index (κ2) is 9.31. The van der Waals surface area contributed by atoms with Crippen molar-refractivity contribution in [2.24, 2.45) is 5.92 Å². The summed E-state index contributed by atoms with van der Waals surface area (Å²) in [6.45, 7) is 3.16. The van der Waals surface area contributed by atoms with Gasteiger partial charge >= 0.3 is 0 Å². The molecule has 136 valence electrons. The molecule has 1 saturated heterocycles. The average molecular weight is 430 g/mol. The van der Waals surface area contributed by atoms with Gasteiger partial charge in [0.05, 0.1) is 17.2 Å². The van der Waals surface area contributed by atoms with Crippen molar-refractivity contribution in [1.82, 2.24) is 20.2 Å². The largest absolute Gasteiger partial charge is 0.356 e. The number of fused-ring (bicyclic) bond motifs is 1. The van der Waals surface area contributed by atoms with Crippen molar-refractivity contribution in [3.05, 3.63) is 39.4 Å². The van der Waals surface area contributed by atoms with E-state index in [9.17, 15) is 9.59 Å². The highest BCUT2D eigenvalue weighted by atomic mass is 79.9. The second-order valence-electron chi connectivity index (χ2n) is 6.15. The summed E-state index contributed by atoms with van der Waals surface area (Å²) >= 11 is 3.37. The molecule has 1 aliphatic heterocycles. The summed E-state index contributed by atoms with van der Waals surface area (Å²) in [5.41, 5.74) is 0.542. The van der Waals surface area contributed by atoms with Gasteiger partial charge in [0.1, 0.15) is 0 Å². The summed E-state index contributed by atoms with van der Waals surface area (Å²) in [7, 11) is 0. The molecule has 0 aliphatic carbocycles. The van der Waals surface area contributed by atoms with Crippen molar-refractivity contribution < 1.29 is 4.79 Å². The van der Waals surface area contributed by atoms with Crippen LogP contribution < -0.4 is 16.2 Å². The second-order valence-corrected chi connectivity index (χ2v) is 7.07. The highest BCUT2D eigenvalue weighted by Gasteiger charge is 2.14. The van der Waals surface area contributed by atoms with Gasteiger partial charge in [-0.3, -0.25) is 14.2 Å². The number of carbonyl (C=O) groups is 1. The summed E-state index contributed by atoms with van der Waals surface area (Å²) in [4.78, 5) is 28.7. The predicted molar refractivity (Wildman–Crippen MR) is 104 cm³/mol. The zero-order chi connectivity index (χ0) is 16.9. The van der Waals surface area contributed by atoms with Gasteiger partial charge in [0.15, 0.2) is 0 Å². The molecule has 0 spiro atoms. The number of nitrogens with one attached hydrogen (secondary N) is 2. The van der Waals surface area contributed by atoms with E-state index in [0.29, 0.717) is 29.9 Å². The number of hydrogen-bond donors (Lipinski definition) is 2. The van der Waals surface area contributed by atoms with Gasteiger partial charge in [-0.25, -0.2) is 4.98 Å². The first-order valence-electron chi connectivity index (χ1n) is 8.25. The molecular formula is C17H22BrClN4O2. The van der Waals surface area contributed by atoms with Gasteiger partial charge in [0, 0.05) is 24.0 Å². The molecule has 0 saturated carbocycles. The fourth-order valence-corrected chi connectivity index (χ4v) is 3.34. The van der Waals surface area contributed by atoms with E-state index in [1.54, 1.807) is 12.1 Å². The highest BCUT2D eigenvalue weighted by Crippen LogP contribution is 2.15. The Kier molecular flexibility index (Phi) is 7.40. The molecule has 1 unspecified atom stereocenters. The lowest BCUT2D eigenvalue weighted by molar-refractivity contribution is -0.121. The van der Waals surface area contributed by atoms with E-state index < -0.39 is 0 Å². The van der Waals surface area contributed by atoms with Crippen LogP contribution in [0.2, 0.25) is 0 Å². The van der Waals surface area contributed by atoms with Crippen molar-refractivity contribution in [3.8, 4) is 0 Å². The Bertz CT molecular complexity index is 790. The Morgan fingerprint density at radius 1 is 1.44 bits per heavy atom. The lowest BCUT2D eigenvalue weighted by atomic mass is 10.1.